The molecule has 2 amide bonds. The zero-order valence-corrected chi connectivity index (χ0v) is 16.7. The average Bonchev–Trinajstić information content (AvgIpc) is 3.33. The van der Waals surface area contributed by atoms with Crippen molar-refractivity contribution in [1.29, 1.82) is 0 Å². The Morgan fingerprint density at radius 2 is 2.07 bits per heavy atom. The van der Waals surface area contributed by atoms with Gasteiger partial charge < -0.3 is 20.7 Å². The highest BCUT2D eigenvalue weighted by Crippen LogP contribution is 2.27. The molecule has 2 heterocycles. The van der Waals surface area contributed by atoms with Gasteiger partial charge in [-0.1, -0.05) is 0 Å². The summed E-state index contributed by atoms with van der Waals surface area (Å²) >= 11 is 1.40. The van der Waals surface area contributed by atoms with Crippen molar-refractivity contribution in [3.05, 3.63) is 39.8 Å². The average molecular weight is 411 g/mol. The van der Waals surface area contributed by atoms with Gasteiger partial charge in [0.05, 0.1) is 17.8 Å². The Bertz CT molecular complexity index is 806. The minimum atomic E-state index is -0.339. The number of thiazole rings is 1. The predicted molar refractivity (Wildman–Crippen MR) is 108 cm³/mol. The summed E-state index contributed by atoms with van der Waals surface area (Å²) in [4.78, 5) is 31.2. The van der Waals surface area contributed by atoms with Crippen LogP contribution in [0.15, 0.2) is 23.6 Å². The number of nitrogens with two attached hydrogens (primary N) is 1. The van der Waals surface area contributed by atoms with Crippen molar-refractivity contribution in [3.8, 4) is 5.75 Å². The highest BCUT2D eigenvalue weighted by Gasteiger charge is 2.21. The maximum Gasteiger partial charge on any atom is 0.275 e. The zero-order chi connectivity index (χ0) is 18.5. The summed E-state index contributed by atoms with van der Waals surface area (Å²) < 4.78 is 5.31. The second-order valence-electron chi connectivity index (χ2n) is 6.03. The third-order valence-corrected chi connectivity index (χ3v) is 5.14. The molecule has 1 fully saturated rings. The molecule has 1 aromatic carbocycles. The Hall–Kier alpha value is -2.16. The Balaban J connectivity index is 0.00000261. The van der Waals surface area contributed by atoms with E-state index in [0.29, 0.717) is 35.7 Å². The van der Waals surface area contributed by atoms with Crippen molar-refractivity contribution < 1.29 is 14.3 Å². The number of nitrogens with one attached hydrogen (secondary N) is 1. The van der Waals surface area contributed by atoms with Gasteiger partial charge in [-0.25, -0.2) is 4.98 Å². The van der Waals surface area contributed by atoms with Gasteiger partial charge in [0.1, 0.15) is 11.4 Å². The second kappa shape index (κ2) is 9.68. The van der Waals surface area contributed by atoms with E-state index in [1.54, 1.807) is 23.6 Å². The monoisotopic (exact) mass is 410 g/mol. The molecule has 0 bridgehead atoms. The number of carbonyl (C=O) groups is 2. The second-order valence-corrected chi connectivity index (χ2v) is 6.98. The molecule has 2 aromatic rings. The van der Waals surface area contributed by atoms with Gasteiger partial charge in [0.25, 0.3) is 11.8 Å². The number of ether oxygens (including phenoxy) is 1. The van der Waals surface area contributed by atoms with Gasteiger partial charge in [-0.3, -0.25) is 9.59 Å². The Kier molecular flexibility index (Phi) is 7.58. The van der Waals surface area contributed by atoms with Crippen molar-refractivity contribution in [2.24, 2.45) is 5.73 Å². The number of hydrogen-bond donors (Lipinski definition) is 2. The first-order valence-electron chi connectivity index (χ1n) is 8.55. The number of benzene rings is 1. The number of likely N-dealkylation sites (tertiary alicyclic amines) is 1. The van der Waals surface area contributed by atoms with E-state index in [4.69, 9.17) is 10.5 Å². The summed E-state index contributed by atoms with van der Waals surface area (Å²) in [5.74, 6) is 0.127. The normalized spacial score (nSPS) is 13.2. The van der Waals surface area contributed by atoms with E-state index in [1.807, 2.05) is 4.90 Å². The zero-order valence-electron chi connectivity index (χ0n) is 15.1. The first-order chi connectivity index (χ1) is 12.6. The van der Waals surface area contributed by atoms with E-state index in [0.717, 1.165) is 30.9 Å². The summed E-state index contributed by atoms with van der Waals surface area (Å²) in [7, 11) is 1.52. The largest absolute Gasteiger partial charge is 0.495 e. The third kappa shape index (κ3) is 4.97. The maximum absolute atomic E-state index is 12.6. The first kappa shape index (κ1) is 21.1. The molecule has 1 aromatic heterocycles. The van der Waals surface area contributed by atoms with Crippen LogP contribution in [0.1, 0.15) is 38.7 Å². The Labute approximate surface area is 168 Å². The lowest BCUT2D eigenvalue weighted by atomic mass is 10.1. The van der Waals surface area contributed by atoms with Crippen LogP contribution in [0.2, 0.25) is 0 Å². The van der Waals surface area contributed by atoms with Crippen molar-refractivity contribution in [2.75, 3.05) is 32.1 Å². The summed E-state index contributed by atoms with van der Waals surface area (Å²) in [5.41, 5.74) is 6.84. The lowest BCUT2D eigenvalue weighted by Crippen LogP contribution is -2.27. The first-order valence-corrected chi connectivity index (χ1v) is 9.43. The fourth-order valence-corrected chi connectivity index (χ4v) is 3.68. The molecule has 0 unspecified atom stereocenters. The van der Waals surface area contributed by atoms with Crippen LogP contribution in [0.25, 0.3) is 0 Å². The number of anilines is 1. The number of rotatable bonds is 6. The Morgan fingerprint density at radius 1 is 1.33 bits per heavy atom. The van der Waals surface area contributed by atoms with Gasteiger partial charge in [0.2, 0.25) is 0 Å². The number of carbonyl (C=O) groups excluding carboxylic acids is 2. The highest BCUT2D eigenvalue weighted by atomic mass is 35.5. The molecular weight excluding hydrogens is 388 g/mol. The number of halogens is 1. The lowest BCUT2D eigenvalue weighted by Gasteiger charge is -2.17. The van der Waals surface area contributed by atoms with Crippen LogP contribution in [0.5, 0.6) is 5.75 Å². The molecular formula is C18H23ClN4O3S. The summed E-state index contributed by atoms with van der Waals surface area (Å²) in [5, 5.41) is 5.32. The third-order valence-electron chi connectivity index (χ3n) is 4.23. The minimum Gasteiger partial charge on any atom is -0.495 e. The van der Waals surface area contributed by atoms with Crippen LogP contribution in [0.3, 0.4) is 0 Å². The quantitative estimate of drug-likeness (QED) is 0.762. The standard InChI is InChI=1S/C18H22N4O3S.ClH/c1-25-15-5-4-12(18(24)22-8-2-3-9-22)10-13(15)21-17(23)14-11-26-16(20-14)6-7-19;/h4-5,10-11H,2-3,6-9,19H2,1H3,(H,21,23);1H. The number of aromatic nitrogens is 1. The van der Waals surface area contributed by atoms with Crippen LogP contribution < -0.4 is 15.8 Å². The maximum atomic E-state index is 12.6. The molecule has 146 valence electrons. The van der Waals surface area contributed by atoms with E-state index in [2.05, 4.69) is 10.3 Å². The van der Waals surface area contributed by atoms with Gasteiger partial charge in [-0.15, -0.1) is 23.7 Å². The molecule has 7 nitrogen and oxygen atoms in total. The number of hydrogen-bond acceptors (Lipinski definition) is 6. The van der Waals surface area contributed by atoms with Crippen molar-refractivity contribution in [2.45, 2.75) is 19.3 Å². The Morgan fingerprint density at radius 3 is 2.74 bits per heavy atom. The van der Waals surface area contributed by atoms with Gasteiger partial charge in [-0.05, 0) is 37.6 Å². The fourth-order valence-electron chi connectivity index (χ4n) is 2.88. The molecule has 0 spiro atoms. The van der Waals surface area contributed by atoms with Crippen molar-refractivity contribution >= 4 is 41.2 Å². The summed E-state index contributed by atoms with van der Waals surface area (Å²) in [6, 6.07) is 5.07. The summed E-state index contributed by atoms with van der Waals surface area (Å²) in [6.45, 7) is 2.04. The molecule has 1 aliphatic heterocycles. The van der Waals surface area contributed by atoms with Crippen molar-refractivity contribution in [3.63, 3.8) is 0 Å². The van der Waals surface area contributed by atoms with Crippen LogP contribution >= 0.6 is 23.7 Å². The molecule has 0 radical (unpaired) electrons. The molecule has 1 saturated heterocycles. The van der Waals surface area contributed by atoms with E-state index >= 15 is 0 Å². The lowest BCUT2D eigenvalue weighted by molar-refractivity contribution is 0.0792. The topological polar surface area (TPSA) is 97.5 Å². The fraction of sp³-hybridized carbons (Fsp3) is 0.389. The predicted octanol–water partition coefficient (Wildman–Crippen LogP) is 2.56. The van der Waals surface area contributed by atoms with Gasteiger partial charge >= 0.3 is 0 Å². The number of methoxy groups -OCH3 is 1. The minimum absolute atomic E-state index is 0. The highest BCUT2D eigenvalue weighted by molar-refractivity contribution is 7.09. The molecule has 3 N–H and O–H groups in total. The molecule has 27 heavy (non-hydrogen) atoms. The van der Waals surface area contributed by atoms with Gasteiger partial charge in [-0.2, -0.15) is 0 Å². The van der Waals surface area contributed by atoms with E-state index in [-0.39, 0.29) is 24.2 Å². The number of amides is 2. The molecule has 0 atom stereocenters. The van der Waals surface area contributed by atoms with E-state index in [9.17, 15) is 9.59 Å². The summed E-state index contributed by atoms with van der Waals surface area (Å²) in [6.07, 6.45) is 2.70. The number of nitrogens with zero attached hydrogens (tertiary/aromatic N) is 2. The van der Waals surface area contributed by atoms with Crippen molar-refractivity contribution in [1.82, 2.24) is 9.88 Å². The molecule has 3 rings (SSSR count). The van der Waals surface area contributed by atoms with E-state index < -0.39 is 0 Å². The van der Waals surface area contributed by atoms with Crippen LogP contribution in [0.4, 0.5) is 5.69 Å². The molecule has 0 saturated carbocycles. The molecule has 1 aliphatic rings. The van der Waals surface area contributed by atoms with Gasteiger partial charge in [0.15, 0.2) is 0 Å². The SMILES string of the molecule is COc1ccc(C(=O)N2CCCC2)cc1NC(=O)c1csc(CCN)n1.Cl. The van der Waals surface area contributed by atoms with Gasteiger partial charge in [0, 0.05) is 30.5 Å². The molecule has 0 aliphatic carbocycles. The van der Waals surface area contributed by atoms with Crippen LogP contribution in [-0.4, -0.2) is 48.4 Å². The van der Waals surface area contributed by atoms with Crippen LogP contribution in [-0.2, 0) is 6.42 Å². The van der Waals surface area contributed by atoms with E-state index in [1.165, 1.54) is 18.4 Å². The smallest absolute Gasteiger partial charge is 0.275 e. The van der Waals surface area contributed by atoms with Crippen LogP contribution in [0, 0.1) is 0 Å². The molecule has 9 heteroatoms.